The smallest absolute Gasteiger partial charge is 0.238 e. The lowest BCUT2D eigenvalue weighted by Crippen LogP contribution is -2.33. The molecule has 1 unspecified atom stereocenters. The van der Waals surface area contributed by atoms with Gasteiger partial charge in [0.25, 0.3) is 0 Å². The van der Waals surface area contributed by atoms with Crippen molar-refractivity contribution in [2.45, 2.75) is 116 Å². The second-order valence-electron chi connectivity index (χ2n) is 9.04. The van der Waals surface area contributed by atoms with Gasteiger partial charge in [-0.15, -0.1) is 0 Å². The molecule has 0 saturated carbocycles. The Bertz CT molecular complexity index is 587. The molecule has 2 aliphatic heterocycles. The summed E-state index contributed by atoms with van der Waals surface area (Å²) >= 11 is 0. The number of aliphatic hydroxyl groups is 1. The van der Waals surface area contributed by atoms with E-state index in [1.165, 1.54) is 76.9 Å². The van der Waals surface area contributed by atoms with Gasteiger partial charge in [-0.2, -0.15) is 0 Å². The number of likely N-dealkylation sites (tertiary alicyclic amines) is 1. The number of ether oxygens (including phenoxy) is 1. The monoisotopic (exact) mass is 431 g/mol. The number of aliphatic hydroxyl groups excluding tert-OH is 1. The second-order valence-corrected chi connectivity index (χ2v) is 9.04. The Hall–Kier alpha value is -1.55. The zero-order valence-electron chi connectivity index (χ0n) is 19.8. The summed E-state index contributed by atoms with van der Waals surface area (Å²) in [5, 5.41) is 10.2. The van der Waals surface area contributed by atoms with Crippen molar-refractivity contribution in [3.8, 4) is 0 Å². The third kappa shape index (κ3) is 10.1. The Kier molecular flexibility index (Phi) is 13.4. The first-order valence-corrected chi connectivity index (χ1v) is 12.9. The van der Waals surface area contributed by atoms with Crippen molar-refractivity contribution in [3.05, 3.63) is 35.8 Å². The van der Waals surface area contributed by atoms with Gasteiger partial charge in [0.2, 0.25) is 6.29 Å². The highest BCUT2D eigenvalue weighted by molar-refractivity contribution is 5.98. The highest BCUT2D eigenvalue weighted by Crippen LogP contribution is 2.27. The van der Waals surface area contributed by atoms with E-state index in [4.69, 9.17) is 4.74 Å². The molecule has 0 aliphatic carbocycles. The molecule has 1 saturated heterocycles. The maximum atomic E-state index is 12.7. The average molecular weight is 432 g/mol. The van der Waals surface area contributed by atoms with Gasteiger partial charge < -0.3 is 14.7 Å². The van der Waals surface area contributed by atoms with Crippen LogP contribution in [0.3, 0.4) is 0 Å². The van der Waals surface area contributed by atoms with E-state index in [0.29, 0.717) is 17.7 Å². The molecular weight excluding hydrogens is 386 g/mol. The maximum Gasteiger partial charge on any atom is 0.238 e. The fraction of sp³-hybridized carbons (Fsp3) is 0.741. The molecule has 4 heteroatoms. The molecule has 0 aromatic rings. The van der Waals surface area contributed by atoms with Crippen LogP contribution < -0.4 is 0 Å². The number of hydrogen-bond acceptors (Lipinski definition) is 4. The van der Waals surface area contributed by atoms with Crippen LogP contribution >= 0.6 is 0 Å². The summed E-state index contributed by atoms with van der Waals surface area (Å²) in [5.74, 6) is 0.137. The zero-order valence-corrected chi connectivity index (χ0v) is 19.8. The molecular formula is C27H45NO3. The van der Waals surface area contributed by atoms with E-state index in [-0.39, 0.29) is 5.78 Å². The van der Waals surface area contributed by atoms with Crippen molar-refractivity contribution in [3.63, 3.8) is 0 Å². The van der Waals surface area contributed by atoms with Crippen LogP contribution in [-0.4, -0.2) is 35.2 Å². The van der Waals surface area contributed by atoms with Crippen molar-refractivity contribution < 1.29 is 14.6 Å². The van der Waals surface area contributed by atoms with Crippen molar-refractivity contribution >= 4 is 5.78 Å². The SMILES string of the molecule is CCCCCCCC/C=C\CCCCCCCC(=O)C1=C(N2CCCC2)C(O)OC=C1. The van der Waals surface area contributed by atoms with Crippen LogP contribution in [0.2, 0.25) is 0 Å². The van der Waals surface area contributed by atoms with Gasteiger partial charge in [-0.25, -0.2) is 0 Å². The summed E-state index contributed by atoms with van der Waals surface area (Å²) in [5.41, 5.74) is 1.33. The van der Waals surface area contributed by atoms with E-state index in [2.05, 4.69) is 24.0 Å². The Morgan fingerprint density at radius 1 is 0.968 bits per heavy atom. The van der Waals surface area contributed by atoms with Gasteiger partial charge >= 0.3 is 0 Å². The molecule has 0 radical (unpaired) electrons. The summed E-state index contributed by atoms with van der Waals surface area (Å²) in [6.45, 7) is 4.06. The third-order valence-electron chi connectivity index (χ3n) is 6.36. The molecule has 4 nitrogen and oxygen atoms in total. The lowest BCUT2D eigenvalue weighted by Gasteiger charge is -2.29. The quantitative estimate of drug-likeness (QED) is 0.203. The van der Waals surface area contributed by atoms with Crippen LogP contribution in [0.1, 0.15) is 110 Å². The van der Waals surface area contributed by atoms with Crippen molar-refractivity contribution in [2.75, 3.05) is 13.1 Å². The third-order valence-corrected chi connectivity index (χ3v) is 6.36. The highest BCUT2D eigenvalue weighted by Gasteiger charge is 2.29. The molecule has 2 heterocycles. The van der Waals surface area contributed by atoms with Crippen molar-refractivity contribution in [1.82, 2.24) is 4.90 Å². The van der Waals surface area contributed by atoms with E-state index in [1.807, 2.05) is 0 Å². The van der Waals surface area contributed by atoms with Gasteiger partial charge in [0.05, 0.1) is 12.0 Å². The van der Waals surface area contributed by atoms with E-state index in [1.54, 1.807) is 6.08 Å². The zero-order chi connectivity index (χ0) is 22.2. The molecule has 0 bridgehead atoms. The number of ketones is 1. The summed E-state index contributed by atoms with van der Waals surface area (Å²) in [6, 6.07) is 0. The van der Waals surface area contributed by atoms with Gasteiger partial charge in [0.15, 0.2) is 5.78 Å². The molecule has 0 amide bonds. The molecule has 176 valence electrons. The molecule has 2 aliphatic rings. The van der Waals surface area contributed by atoms with Crippen molar-refractivity contribution in [2.24, 2.45) is 0 Å². The lowest BCUT2D eigenvalue weighted by molar-refractivity contribution is -0.116. The fourth-order valence-electron chi connectivity index (χ4n) is 4.48. The van der Waals surface area contributed by atoms with Crippen LogP contribution in [0.15, 0.2) is 35.8 Å². The van der Waals surface area contributed by atoms with E-state index in [9.17, 15) is 9.90 Å². The van der Waals surface area contributed by atoms with E-state index < -0.39 is 6.29 Å². The predicted octanol–water partition coefficient (Wildman–Crippen LogP) is 6.81. The minimum Gasteiger partial charge on any atom is -0.467 e. The highest BCUT2D eigenvalue weighted by atomic mass is 16.6. The lowest BCUT2D eigenvalue weighted by atomic mass is 10.00. The Balaban J connectivity index is 1.51. The predicted molar refractivity (Wildman–Crippen MR) is 129 cm³/mol. The standard InChI is InChI=1S/C27H45NO3/c1-2-3-4-5-6-7-8-9-10-11-12-13-14-15-16-19-25(29)24-20-23-31-27(30)26(24)28-21-17-18-22-28/h9-10,20,23,27,30H,2-8,11-19,21-22H2,1H3/b10-9-. The molecule has 0 spiro atoms. The second kappa shape index (κ2) is 16.1. The molecule has 1 N–H and O–H groups in total. The first kappa shape index (κ1) is 25.7. The van der Waals surface area contributed by atoms with Gasteiger partial charge in [-0.05, 0) is 51.0 Å². The van der Waals surface area contributed by atoms with Gasteiger partial charge in [0.1, 0.15) is 0 Å². The Morgan fingerprint density at radius 3 is 2.19 bits per heavy atom. The van der Waals surface area contributed by atoms with Crippen LogP contribution in [0.25, 0.3) is 0 Å². The van der Waals surface area contributed by atoms with Crippen LogP contribution in [0, 0.1) is 0 Å². The number of unbranched alkanes of at least 4 members (excludes halogenated alkanes) is 11. The fourth-order valence-corrected chi connectivity index (χ4v) is 4.48. The molecule has 0 aromatic carbocycles. The Labute approximate surface area is 190 Å². The molecule has 1 atom stereocenters. The maximum absolute atomic E-state index is 12.7. The molecule has 2 rings (SSSR count). The summed E-state index contributed by atoms with van der Waals surface area (Å²) in [4.78, 5) is 14.8. The first-order valence-electron chi connectivity index (χ1n) is 12.9. The summed E-state index contributed by atoms with van der Waals surface area (Å²) in [7, 11) is 0. The topological polar surface area (TPSA) is 49.8 Å². The minimum atomic E-state index is -1.00. The number of hydrogen-bond donors (Lipinski definition) is 1. The van der Waals surface area contributed by atoms with Crippen LogP contribution in [-0.2, 0) is 9.53 Å². The van der Waals surface area contributed by atoms with Gasteiger partial charge in [0, 0.05) is 25.1 Å². The summed E-state index contributed by atoms with van der Waals surface area (Å²) in [6.07, 6.45) is 26.0. The number of Topliss-reactive ketones (excluding diaryl/α,β-unsaturated/α-hetero) is 1. The van der Waals surface area contributed by atoms with Crippen LogP contribution in [0.5, 0.6) is 0 Å². The minimum absolute atomic E-state index is 0.137. The van der Waals surface area contributed by atoms with Gasteiger partial charge in [-0.3, -0.25) is 4.79 Å². The number of allylic oxidation sites excluding steroid dienone is 4. The number of rotatable bonds is 17. The van der Waals surface area contributed by atoms with E-state index in [0.717, 1.165) is 38.8 Å². The molecule has 0 aromatic heterocycles. The largest absolute Gasteiger partial charge is 0.467 e. The normalized spacial score (nSPS) is 18.9. The number of nitrogens with zero attached hydrogens (tertiary/aromatic N) is 1. The average Bonchev–Trinajstić information content (AvgIpc) is 3.30. The van der Waals surface area contributed by atoms with Crippen molar-refractivity contribution in [1.29, 1.82) is 0 Å². The summed E-state index contributed by atoms with van der Waals surface area (Å²) < 4.78 is 5.23. The number of carbonyl (C=O) groups is 1. The van der Waals surface area contributed by atoms with E-state index >= 15 is 0 Å². The first-order chi connectivity index (χ1) is 15.2. The van der Waals surface area contributed by atoms with Gasteiger partial charge in [-0.1, -0.05) is 70.4 Å². The molecule has 31 heavy (non-hydrogen) atoms. The molecule has 1 fully saturated rings. The number of carbonyl (C=O) groups excluding carboxylic acids is 1. The van der Waals surface area contributed by atoms with Crippen LogP contribution in [0.4, 0.5) is 0 Å². The Morgan fingerprint density at radius 2 is 1.55 bits per heavy atom.